The molecule has 122 valence electrons. The van der Waals surface area contributed by atoms with Gasteiger partial charge in [0.15, 0.2) is 9.84 Å². The highest BCUT2D eigenvalue weighted by Crippen LogP contribution is 2.63. The maximum Gasteiger partial charge on any atom is 0.182 e. The zero-order valence-corrected chi connectivity index (χ0v) is 13.8. The number of aliphatic hydroxyl groups excluding tert-OH is 1. The third kappa shape index (κ3) is 2.49. The van der Waals surface area contributed by atoms with E-state index in [9.17, 15) is 13.5 Å². The molecule has 0 bridgehead atoms. The molecule has 0 aliphatic heterocycles. The van der Waals surface area contributed by atoms with Gasteiger partial charge >= 0.3 is 0 Å². The Morgan fingerprint density at radius 2 is 1.70 bits per heavy atom. The Kier molecular flexibility index (Phi) is 4.04. The van der Waals surface area contributed by atoms with Gasteiger partial charge in [0, 0.05) is 17.9 Å². The molecule has 0 radical (unpaired) electrons. The second-order valence-electron chi connectivity index (χ2n) is 6.26. The van der Waals surface area contributed by atoms with Crippen LogP contribution in [0.4, 0.5) is 0 Å². The Morgan fingerprint density at radius 3 is 2.22 bits per heavy atom. The minimum atomic E-state index is -3.55. The molecule has 23 heavy (non-hydrogen) atoms. The summed E-state index contributed by atoms with van der Waals surface area (Å²) in [5, 5.41) is 9.19. The Bertz CT molecular complexity index is 781. The van der Waals surface area contributed by atoms with Crippen molar-refractivity contribution < 1.29 is 13.5 Å². The van der Waals surface area contributed by atoms with Crippen LogP contribution in [0, 0.1) is 12.3 Å². The quantitative estimate of drug-likeness (QED) is 0.876. The number of aliphatic hydroxyl groups is 1. The third-order valence-electron chi connectivity index (χ3n) is 4.90. The van der Waals surface area contributed by atoms with Crippen molar-refractivity contribution in [2.45, 2.75) is 23.0 Å². The lowest BCUT2D eigenvalue weighted by Gasteiger charge is -2.12. The molecule has 1 aliphatic rings. The molecule has 3 rings (SSSR count). The molecule has 1 saturated carbocycles. The number of hydrogen-bond acceptors (Lipinski definition) is 4. The van der Waals surface area contributed by atoms with Gasteiger partial charge in [-0.1, -0.05) is 48.0 Å². The van der Waals surface area contributed by atoms with Crippen LogP contribution in [0.25, 0.3) is 0 Å². The first-order chi connectivity index (χ1) is 11.0. The largest absolute Gasteiger partial charge is 0.396 e. The summed E-state index contributed by atoms with van der Waals surface area (Å²) in [7, 11) is -3.55. The van der Waals surface area contributed by atoms with E-state index in [1.807, 2.05) is 31.2 Å². The summed E-state index contributed by atoms with van der Waals surface area (Å²) < 4.78 is 26.0. The molecule has 5 heteroatoms. The van der Waals surface area contributed by atoms with Crippen LogP contribution in [-0.4, -0.2) is 31.9 Å². The van der Waals surface area contributed by atoms with Crippen molar-refractivity contribution in [2.24, 2.45) is 11.1 Å². The van der Waals surface area contributed by atoms with Crippen LogP contribution in [0.1, 0.15) is 17.0 Å². The summed E-state index contributed by atoms with van der Waals surface area (Å²) in [4.78, 5) is 0.283. The number of sulfone groups is 1. The van der Waals surface area contributed by atoms with Crippen molar-refractivity contribution in [3.05, 3.63) is 65.7 Å². The summed E-state index contributed by atoms with van der Waals surface area (Å²) in [5.41, 5.74) is 7.10. The first-order valence-electron chi connectivity index (χ1n) is 7.64. The van der Waals surface area contributed by atoms with Gasteiger partial charge in [-0.3, -0.25) is 0 Å². The lowest BCUT2D eigenvalue weighted by Crippen LogP contribution is -2.27. The molecule has 0 aromatic heterocycles. The van der Waals surface area contributed by atoms with Gasteiger partial charge in [-0.15, -0.1) is 0 Å². The maximum absolute atomic E-state index is 13.0. The zero-order valence-electron chi connectivity index (χ0n) is 13.0. The second kappa shape index (κ2) is 5.74. The highest BCUT2D eigenvalue weighted by atomic mass is 32.2. The first-order valence-corrected chi connectivity index (χ1v) is 9.18. The molecule has 3 N–H and O–H groups in total. The Labute approximate surface area is 136 Å². The molecular formula is C18H21NO3S. The van der Waals surface area contributed by atoms with Crippen molar-refractivity contribution in [1.82, 2.24) is 0 Å². The Balaban J connectivity index is 2.05. The molecule has 0 saturated heterocycles. The summed E-state index contributed by atoms with van der Waals surface area (Å²) in [6.07, 6.45) is 0. The van der Waals surface area contributed by atoms with Gasteiger partial charge in [0.1, 0.15) is 0 Å². The molecule has 2 aromatic carbocycles. The number of benzene rings is 2. The molecule has 3 unspecified atom stereocenters. The predicted molar refractivity (Wildman–Crippen MR) is 89.9 cm³/mol. The molecule has 3 atom stereocenters. The van der Waals surface area contributed by atoms with Crippen LogP contribution in [0.5, 0.6) is 0 Å². The molecule has 1 fully saturated rings. The molecule has 0 heterocycles. The number of rotatable bonds is 5. The maximum atomic E-state index is 13.0. The van der Waals surface area contributed by atoms with Gasteiger partial charge in [0.05, 0.1) is 16.8 Å². The fourth-order valence-corrected chi connectivity index (χ4v) is 5.95. The van der Waals surface area contributed by atoms with E-state index in [2.05, 4.69) is 0 Å². The monoisotopic (exact) mass is 331 g/mol. The van der Waals surface area contributed by atoms with E-state index in [1.54, 1.807) is 30.3 Å². The number of hydrogen-bond donors (Lipinski definition) is 2. The fourth-order valence-electron chi connectivity index (χ4n) is 3.47. The van der Waals surface area contributed by atoms with Gasteiger partial charge in [-0.25, -0.2) is 8.42 Å². The minimum Gasteiger partial charge on any atom is -0.396 e. The molecule has 4 nitrogen and oxygen atoms in total. The summed E-state index contributed by atoms with van der Waals surface area (Å²) >= 11 is 0. The zero-order chi connectivity index (χ0) is 16.7. The molecule has 1 aliphatic carbocycles. The second-order valence-corrected chi connectivity index (χ2v) is 8.33. The highest BCUT2D eigenvalue weighted by Gasteiger charge is 2.70. The average molecular weight is 331 g/mol. The van der Waals surface area contributed by atoms with Crippen molar-refractivity contribution in [3.63, 3.8) is 0 Å². The lowest BCUT2D eigenvalue weighted by molar-refractivity contribution is 0.212. The van der Waals surface area contributed by atoms with Crippen LogP contribution in [0.3, 0.4) is 0 Å². The minimum absolute atomic E-state index is 0.138. The summed E-state index contributed by atoms with van der Waals surface area (Å²) in [5.74, 6) is -0.275. The molecule has 0 spiro atoms. The van der Waals surface area contributed by atoms with E-state index in [-0.39, 0.29) is 24.0 Å². The molecule has 0 amide bonds. The van der Waals surface area contributed by atoms with Crippen LogP contribution < -0.4 is 5.73 Å². The van der Waals surface area contributed by atoms with Crippen LogP contribution in [0.15, 0.2) is 59.5 Å². The fraction of sp³-hybridized carbons (Fsp3) is 0.333. The normalized spacial score (nSPS) is 26.9. The number of nitrogens with two attached hydrogens (primary N) is 1. The summed E-state index contributed by atoms with van der Waals surface area (Å²) in [6, 6.07) is 16.2. The topological polar surface area (TPSA) is 80.4 Å². The summed E-state index contributed by atoms with van der Waals surface area (Å²) in [6.45, 7) is 1.88. The standard InChI is InChI=1S/C18H21NO3S/c1-13-7-9-14(10-8-13)16-17(18(16,11-19)12-20)23(21,22)15-5-3-2-4-6-15/h2-10,16-17,20H,11-12,19H2,1H3. The van der Waals surface area contributed by atoms with E-state index >= 15 is 0 Å². The van der Waals surface area contributed by atoms with E-state index in [4.69, 9.17) is 5.73 Å². The van der Waals surface area contributed by atoms with Gasteiger partial charge in [0.25, 0.3) is 0 Å². The predicted octanol–water partition coefficient (Wildman–Crippen LogP) is 1.87. The van der Waals surface area contributed by atoms with Crippen LogP contribution in [-0.2, 0) is 9.84 Å². The lowest BCUT2D eigenvalue weighted by atomic mass is 9.99. The molecular weight excluding hydrogens is 310 g/mol. The van der Waals surface area contributed by atoms with Crippen molar-refractivity contribution in [1.29, 1.82) is 0 Å². The van der Waals surface area contributed by atoms with Gasteiger partial charge in [-0.05, 0) is 24.6 Å². The van der Waals surface area contributed by atoms with Gasteiger partial charge in [0.2, 0.25) is 0 Å². The van der Waals surface area contributed by atoms with E-state index in [0.29, 0.717) is 0 Å². The van der Waals surface area contributed by atoms with Crippen molar-refractivity contribution >= 4 is 9.84 Å². The van der Waals surface area contributed by atoms with E-state index in [0.717, 1.165) is 11.1 Å². The average Bonchev–Trinajstić information content (AvgIpc) is 3.27. The van der Waals surface area contributed by atoms with E-state index in [1.165, 1.54) is 0 Å². The third-order valence-corrected chi connectivity index (χ3v) is 7.24. The SMILES string of the molecule is Cc1ccc(C2C(S(=O)(=O)c3ccccc3)C2(CN)CO)cc1. The molecule has 2 aromatic rings. The Hall–Kier alpha value is -1.69. The van der Waals surface area contributed by atoms with Gasteiger partial charge in [-0.2, -0.15) is 0 Å². The first kappa shape index (κ1) is 16.2. The Morgan fingerprint density at radius 1 is 1.09 bits per heavy atom. The highest BCUT2D eigenvalue weighted by molar-refractivity contribution is 7.92. The van der Waals surface area contributed by atoms with Gasteiger partial charge < -0.3 is 10.8 Å². The van der Waals surface area contributed by atoms with Crippen LogP contribution >= 0.6 is 0 Å². The van der Waals surface area contributed by atoms with Crippen LogP contribution in [0.2, 0.25) is 0 Å². The van der Waals surface area contributed by atoms with Crippen molar-refractivity contribution in [3.8, 4) is 0 Å². The van der Waals surface area contributed by atoms with Crippen molar-refractivity contribution in [2.75, 3.05) is 13.2 Å². The smallest absolute Gasteiger partial charge is 0.182 e. The van der Waals surface area contributed by atoms with E-state index < -0.39 is 20.5 Å². The number of aryl methyl sites for hydroxylation is 1.